The number of phenols is 1. The molecule has 0 unspecified atom stereocenters. The predicted molar refractivity (Wildman–Crippen MR) is 137 cm³/mol. The number of carbonyl (C=O) groups is 1. The van der Waals surface area contributed by atoms with Crippen molar-refractivity contribution in [3.8, 4) is 17.0 Å². The molecule has 3 N–H and O–H groups in total. The van der Waals surface area contributed by atoms with Crippen LogP contribution in [0.4, 0.5) is 0 Å². The van der Waals surface area contributed by atoms with E-state index in [1.807, 2.05) is 55.3 Å². The number of likely N-dealkylation sites (N-methyl/N-ethyl adjacent to an activating group) is 1. The topological polar surface area (TPSA) is 81.2 Å². The first-order valence-electron chi connectivity index (χ1n) is 12.0. The van der Waals surface area contributed by atoms with Crippen molar-refractivity contribution >= 4 is 5.91 Å². The monoisotopic (exact) mass is 466 g/mol. The summed E-state index contributed by atoms with van der Waals surface area (Å²) in [6.45, 7) is 2.57. The van der Waals surface area contributed by atoms with Crippen LogP contribution >= 0.6 is 0 Å². The summed E-state index contributed by atoms with van der Waals surface area (Å²) in [4.78, 5) is 24.4. The summed E-state index contributed by atoms with van der Waals surface area (Å²) in [6.07, 6.45) is 1.24. The van der Waals surface area contributed by atoms with E-state index in [2.05, 4.69) is 40.6 Å². The standard InChI is InChI=1S/C29H30N4O2/c1-19-27(21-8-4-3-5-9-21)32-28(31-19)26-17-22-10-6-7-11-23(22)18-33(26)29(35)25(30-2)16-20-12-14-24(34)15-13-20/h3-15,25-26,30,34H,16-18H2,1-2H3,(H,31,32)/t25-,26+/m0/s1. The van der Waals surface area contributed by atoms with Crippen LogP contribution in [0.2, 0.25) is 0 Å². The number of fused-ring (bicyclic) bond motifs is 1. The largest absolute Gasteiger partial charge is 0.508 e. The molecule has 2 heterocycles. The molecule has 4 aromatic rings. The van der Waals surface area contributed by atoms with Gasteiger partial charge in [-0.2, -0.15) is 0 Å². The predicted octanol–water partition coefficient (Wildman–Crippen LogP) is 4.55. The molecule has 6 heteroatoms. The summed E-state index contributed by atoms with van der Waals surface area (Å²) >= 11 is 0. The minimum atomic E-state index is -0.392. The van der Waals surface area contributed by atoms with E-state index < -0.39 is 6.04 Å². The highest BCUT2D eigenvalue weighted by Gasteiger charge is 2.36. The van der Waals surface area contributed by atoms with E-state index in [1.54, 1.807) is 12.1 Å². The fourth-order valence-electron chi connectivity index (χ4n) is 4.90. The Bertz CT molecular complexity index is 1310. The van der Waals surface area contributed by atoms with Crippen molar-refractivity contribution in [2.75, 3.05) is 7.05 Å². The average Bonchev–Trinajstić information content (AvgIpc) is 3.29. The Morgan fingerprint density at radius 2 is 1.74 bits per heavy atom. The molecule has 5 rings (SSSR count). The van der Waals surface area contributed by atoms with Crippen molar-refractivity contribution < 1.29 is 9.90 Å². The molecule has 0 radical (unpaired) electrons. The van der Waals surface area contributed by atoms with Crippen LogP contribution in [-0.4, -0.2) is 39.0 Å². The molecule has 1 aliphatic heterocycles. The molecule has 0 spiro atoms. The maximum absolute atomic E-state index is 13.9. The third-order valence-electron chi connectivity index (χ3n) is 6.82. The van der Waals surface area contributed by atoms with E-state index >= 15 is 0 Å². The number of nitrogens with one attached hydrogen (secondary N) is 2. The van der Waals surface area contributed by atoms with E-state index in [0.717, 1.165) is 28.3 Å². The molecule has 178 valence electrons. The summed E-state index contributed by atoms with van der Waals surface area (Å²) in [5, 5.41) is 12.8. The molecule has 0 fully saturated rings. The Hall–Kier alpha value is -3.90. The lowest BCUT2D eigenvalue weighted by Crippen LogP contribution is -2.49. The number of aromatic hydroxyl groups is 1. The third-order valence-corrected chi connectivity index (χ3v) is 6.82. The second-order valence-corrected chi connectivity index (χ2v) is 9.13. The number of phenolic OH excluding ortho intramolecular Hbond substituents is 1. The number of amides is 1. The maximum atomic E-state index is 13.9. The van der Waals surface area contributed by atoms with Crippen molar-refractivity contribution in [3.05, 3.63) is 107 Å². The number of aromatic amines is 1. The van der Waals surface area contributed by atoms with Gasteiger partial charge in [0.2, 0.25) is 5.91 Å². The van der Waals surface area contributed by atoms with Crippen LogP contribution in [0.1, 0.15) is 34.3 Å². The molecule has 0 aliphatic carbocycles. The highest BCUT2D eigenvalue weighted by Crippen LogP contribution is 2.34. The fraction of sp³-hybridized carbons (Fsp3) is 0.241. The van der Waals surface area contributed by atoms with Gasteiger partial charge in [0, 0.05) is 24.2 Å². The highest BCUT2D eigenvalue weighted by molar-refractivity contribution is 5.83. The number of rotatable bonds is 6. The van der Waals surface area contributed by atoms with Gasteiger partial charge in [-0.3, -0.25) is 4.79 Å². The molecule has 0 saturated carbocycles. The second kappa shape index (κ2) is 9.76. The van der Waals surface area contributed by atoms with Crippen molar-refractivity contribution in [2.45, 2.75) is 38.4 Å². The summed E-state index contributed by atoms with van der Waals surface area (Å²) < 4.78 is 0. The Balaban J connectivity index is 1.49. The zero-order valence-corrected chi connectivity index (χ0v) is 20.0. The molecule has 35 heavy (non-hydrogen) atoms. The van der Waals surface area contributed by atoms with Gasteiger partial charge in [-0.25, -0.2) is 4.98 Å². The van der Waals surface area contributed by atoms with Crippen molar-refractivity contribution in [2.24, 2.45) is 0 Å². The molecule has 0 saturated heterocycles. The first-order chi connectivity index (χ1) is 17.0. The number of aromatic nitrogens is 2. The highest BCUT2D eigenvalue weighted by atomic mass is 16.3. The van der Waals surface area contributed by atoms with E-state index in [0.29, 0.717) is 19.4 Å². The molecule has 1 aliphatic rings. The molecule has 0 bridgehead atoms. The first-order valence-corrected chi connectivity index (χ1v) is 12.0. The average molecular weight is 467 g/mol. The Morgan fingerprint density at radius 3 is 2.46 bits per heavy atom. The Morgan fingerprint density at radius 1 is 1.06 bits per heavy atom. The Labute approximate surface area is 205 Å². The maximum Gasteiger partial charge on any atom is 0.240 e. The van der Waals surface area contributed by atoms with Gasteiger partial charge in [0.25, 0.3) is 0 Å². The number of imidazole rings is 1. The summed E-state index contributed by atoms with van der Waals surface area (Å²) in [7, 11) is 1.82. The van der Waals surface area contributed by atoms with Crippen LogP contribution in [0.25, 0.3) is 11.3 Å². The SMILES string of the molecule is CN[C@@H](Cc1ccc(O)cc1)C(=O)N1Cc2ccccc2C[C@@H]1c1nc(-c2ccccc2)c(C)[nH]1. The molecule has 1 amide bonds. The molecular weight excluding hydrogens is 436 g/mol. The third kappa shape index (κ3) is 4.70. The van der Waals surface area contributed by atoms with Gasteiger partial charge in [0.05, 0.1) is 17.8 Å². The van der Waals surface area contributed by atoms with Gasteiger partial charge in [0.1, 0.15) is 11.6 Å². The first kappa shape index (κ1) is 22.9. The Kier molecular flexibility index (Phi) is 6.38. The zero-order chi connectivity index (χ0) is 24.4. The normalized spacial score (nSPS) is 16.1. The lowest BCUT2D eigenvalue weighted by atomic mass is 9.92. The molecular formula is C29H30N4O2. The second-order valence-electron chi connectivity index (χ2n) is 9.13. The number of aryl methyl sites for hydroxylation is 1. The van der Waals surface area contributed by atoms with Crippen molar-refractivity contribution in [1.29, 1.82) is 0 Å². The minimum absolute atomic E-state index is 0.0374. The van der Waals surface area contributed by atoms with Crippen LogP contribution < -0.4 is 5.32 Å². The summed E-state index contributed by atoms with van der Waals surface area (Å²) in [6, 6.07) is 24.9. The van der Waals surface area contributed by atoms with Crippen molar-refractivity contribution in [1.82, 2.24) is 20.2 Å². The zero-order valence-electron chi connectivity index (χ0n) is 20.0. The number of nitrogens with zero attached hydrogens (tertiary/aromatic N) is 2. The number of benzene rings is 3. The number of H-pyrrole nitrogens is 1. The molecule has 2 atom stereocenters. The van der Waals surface area contributed by atoms with Gasteiger partial charge in [-0.05, 0) is 49.2 Å². The van der Waals surface area contributed by atoms with Crippen LogP contribution in [0.15, 0.2) is 78.9 Å². The lowest BCUT2D eigenvalue weighted by Gasteiger charge is -2.38. The smallest absolute Gasteiger partial charge is 0.240 e. The quantitative estimate of drug-likeness (QED) is 0.390. The van der Waals surface area contributed by atoms with E-state index in [-0.39, 0.29) is 17.7 Å². The molecule has 1 aromatic heterocycles. The fourth-order valence-corrected chi connectivity index (χ4v) is 4.90. The van der Waals surface area contributed by atoms with Crippen LogP contribution in [0.5, 0.6) is 5.75 Å². The lowest BCUT2D eigenvalue weighted by molar-refractivity contribution is -0.137. The molecule has 3 aromatic carbocycles. The summed E-state index contributed by atoms with van der Waals surface area (Å²) in [5.41, 5.74) is 6.37. The van der Waals surface area contributed by atoms with E-state index in [9.17, 15) is 9.90 Å². The van der Waals surface area contributed by atoms with Gasteiger partial charge < -0.3 is 20.3 Å². The van der Waals surface area contributed by atoms with Crippen LogP contribution in [0, 0.1) is 6.92 Å². The van der Waals surface area contributed by atoms with Crippen LogP contribution in [-0.2, 0) is 24.2 Å². The number of carbonyl (C=O) groups excluding carboxylic acids is 1. The minimum Gasteiger partial charge on any atom is -0.508 e. The number of hydrogen-bond acceptors (Lipinski definition) is 4. The van der Waals surface area contributed by atoms with Gasteiger partial charge in [0.15, 0.2) is 0 Å². The summed E-state index contributed by atoms with van der Waals surface area (Å²) in [5.74, 6) is 1.07. The van der Waals surface area contributed by atoms with Gasteiger partial charge in [-0.1, -0.05) is 66.7 Å². The van der Waals surface area contributed by atoms with Gasteiger partial charge >= 0.3 is 0 Å². The molecule has 6 nitrogen and oxygen atoms in total. The van der Waals surface area contributed by atoms with Crippen molar-refractivity contribution in [3.63, 3.8) is 0 Å². The number of hydrogen-bond donors (Lipinski definition) is 3. The van der Waals surface area contributed by atoms with Gasteiger partial charge in [-0.15, -0.1) is 0 Å². The van der Waals surface area contributed by atoms with E-state index in [4.69, 9.17) is 4.98 Å². The van der Waals surface area contributed by atoms with E-state index in [1.165, 1.54) is 11.1 Å². The van der Waals surface area contributed by atoms with Crippen LogP contribution in [0.3, 0.4) is 0 Å².